The predicted molar refractivity (Wildman–Crippen MR) is 86.5 cm³/mol. The van der Waals surface area contributed by atoms with Crippen LogP contribution in [0.15, 0.2) is 30.2 Å². The molecule has 1 aliphatic carbocycles. The van der Waals surface area contributed by atoms with Gasteiger partial charge in [-0.3, -0.25) is 5.10 Å². The molecule has 2 unspecified atom stereocenters. The number of nitrogens with two attached hydrogens (primary N) is 1. The summed E-state index contributed by atoms with van der Waals surface area (Å²) in [5.41, 5.74) is 6.82. The number of hydrogen-bond acceptors (Lipinski definition) is 3. The normalized spacial score (nSPS) is 23.3. The molecule has 4 nitrogen and oxygen atoms in total. The largest absolute Gasteiger partial charge is 0.466 e. The summed E-state index contributed by atoms with van der Waals surface area (Å²) in [5.74, 6) is 3.31. The lowest BCUT2D eigenvalue weighted by Gasteiger charge is -2.26. The van der Waals surface area contributed by atoms with Crippen LogP contribution in [0.2, 0.25) is 0 Å². The van der Waals surface area contributed by atoms with Crippen LogP contribution in [0.3, 0.4) is 0 Å². The molecule has 2 rings (SSSR count). The van der Waals surface area contributed by atoms with Crippen molar-refractivity contribution in [1.82, 2.24) is 10.2 Å². The van der Waals surface area contributed by atoms with Crippen molar-refractivity contribution in [3.8, 4) is 0 Å². The molecule has 0 radical (unpaired) electrons. The topological polar surface area (TPSA) is 63.9 Å². The monoisotopic (exact) mass is 289 g/mol. The van der Waals surface area contributed by atoms with Crippen LogP contribution in [-0.4, -0.2) is 10.2 Å². The molecule has 1 aliphatic rings. The van der Waals surface area contributed by atoms with E-state index in [0.29, 0.717) is 17.7 Å². The van der Waals surface area contributed by atoms with Crippen LogP contribution in [0.5, 0.6) is 0 Å². The van der Waals surface area contributed by atoms with E-state index in [1.165, 1.54) is 0 Å². The highest BCUT2D eigenvalue weighted by Gasteiger charge is 2.31. The minimum Gasteiger partial charge on any atom is -0.466 e. The van der Waals surface area contributed by atoms with Gasteiger partial charge >= 0.3 is 0 Å². The lowest BCUT2D eigenvalue weighted by Crippen LogP contribution is -2.14. The third-order valence-corrected chi connectivity index (χ3v) is 4.19. The van der Waals surface area contributed by atoms with E-state index in [-0.39, 0.29) is 5.41 Å². The first kappa shape index (κ1) is 15.7. The first-order valence-corrected chi connectivity index (χ1v) is 7.65. The zero-order valence-corrected chi connectivity index (χ0v) is 13.6. The number of aromatic amines is 1. The van der Waals surface area contributed by atoms with E-state index in [1.807, 2.05) is 19.1 Å². The van der Waals surface area contributed by atoms with Crippen LogP contribution >= 0.6 is 0 Å². The van der Waals surface area contributed by atoms with E-state index in [1.54, 1.807) is 0 Å². The number of rotatable bonds is 4. The average Bonchev–Trinajstić information content (AvgIpc) is 3.02. The van der Waals surface area contributed by atoms with Crippen molar-refractivity contribution in [1.29, 1.82) is 0 Å². The quantitative estimate of drug-likeness (QED) is 0.810. The van der Waals surface area contributed by atoms with Crippen LogP contribution in [-0.2, 0) is 4.74 Å². The summed E-state index contributed by atoms with van der Waals surface area (Å²) in [6, 6.07) is 1.93. The molecule has 0 saturated heterocycles. The highest BCUT2D eigenvalue weighted by atomic mass is 16.5. The molecule has 2 atom stereocenters. The van der Waals surface area contributed by atoms with Crippen LogP contribution < -0.4 is 5.73 Å². The number of nitrogens with zero attached hydrogens (tertiary/aromatic N) is 1. The fourth-order valence-corrected chi connectivity index (χ4v) is 2.99. The Hall–Kier alpha value is -1.71. The molecular formula is C17H27N3O. The molecule has 0 aliphatic heterocycles. The Kier molecular flexibility index (Phi) is 4.45. The summed E-state index contributed by atoms with van der Waals surface area (Å²) < 4.78 is 6.05. The Bertz CT molecular complexity index is 536. The van der Waals surface area contributed by atoms with E-state index >= 15 is 0 Å². The molecule has 0 spiro atoms. The Morgan fingerprint density at radius 1 is 1.48 bits per heavy atom. The highest BCUT2D eigenvalue weighted by Crippen LogP contribution is 2.42. The lowest BCUT2D eigenvalue weighted by atomic mass is 9.93. The van der Waals surface area contributed by atoms with Gasteiger partial charge in [-0.1, -0.05) is 27.4 Å². The van der Waals surface area contributed by atoms with E-state index < -0.39 is 0 Å². The first-order chi connectivity index (χ1) is 9.81. The molecule has 21 heavy (non-hydrogen) atoms. The molecule has 1 heterocycles. The van der Waals surface area contributed by atoms with Crippen molar-refractivity contribution >= 4 is 5.82 Å². The Balaban J connectivity index is 1.96. The summed E-state index contributed by atoms with van der Waals surface area (Å²) in [4.78, 5) is 0. The third kappa shape index (κ3) is 3.69. The van der Waals surface area contributed by atoms with E-state index in [9.17, 15) is 0 Å². The molecule has 3 N–H and O–H groups in total. The lowest BCUT2D eigenvalue weighted by molar-refractivity contribution is 0.188. The van der Waals surface area contributed by atoms with Crippen LogP contribution in [0.1, 0.15) is 58.6 Å². The number of nitrogens with one attached hydrogen (secondary N) is 1. The molecule has 116 valence electrons. The Labute approximate surface area is 127 Å². The summed E-state index contributed by atoms with van der Waals surface area (Å²) in [6.45, 7) is 12.6. The smallest absolute Gasteiger partial charge is 0.145 e. The summed E-state index contributed by atoms with van der Waals surface area (Å²) in [6.07, 6.45) is 5.30. The summed E-state index contributed by atoms with van der Waals surface area (Å²) in [5, 5.41) is 7.04. The van der Waals surface area contributed by atoms with Crippen molar-refractivity contribution < 1.29 is 4.74 Å². The molecule has 1 aromatic rings. The Morgan fingerprint density at radius 2 is 2.19 bits per heavy atom. The highest BCUT2D eigenvalue weighted by molar-refractivity contribution is 5.30. The van der Waals surface area contributed by atoms with Crippen molar-refractivity contribution in [2.24, 2.45) is 11.3 Å². The van der Waals surface area contributed by atoms with Gasteiger partial charge in [0.1, 0.15) is 11.6 Å². The maximum atomic E-state index is 6.05. The molecule has 1 fully saturated rings. The Morgan fingerprint density at radius 3 is 2.71 bits per heavy atom. The van der Waals surface area contributed by atoms with Crippen molar-refractivity contribution in [2.45, 2.75) is 52.9 Å². The number of aromatic nitrogens is 2. The van der Waals surface area contributed by atoms with Gasteiger partial charge in [0, 0.05) is 29.0 Å². The standard InChI is InChI=1S/C17H27N3O/c1-6-15(17(3,4)5)21-11(2)12-7-8-13(9-12)14-10-16(18)20-19-14/h6,10,12-13H,2,7-9H2,1,3-5H3,(H3,18,19,20)/b15-6-. The number of nitrogen functional groups attached to an aromatic ring is 1. The maximum absolute atomic E-state index is 6.05. The number of anilines is 1. The van der Waals surface area contributed by atoms with Crippen LogP contribution in [0.4, 0.5) is 5.82 Å². The fraction of sp³-hybridized carbons (Fsp3) is 0.588. The van der Waals surface area contributed by atoms with E-state index in [0.717, 1.165) is 36.5 Å². The van der Waals surface area contributed by atoms with Crippen molar-refractivity contribution in [3.05, 3.63) is 35.9 Å². The molecule has 0 bridgehead atoms. The number of H-pyrrole nitrogens is 1. The number of ether oxygens (including phenoxy) is 1. The van der Waals surface area contributed by atoms with E-state index in [4.69, 9.17) is 10.5 Å². The minimum atomic E-state index is 0.00746. The second-order valence-electron chi connectivity index (χ2n) is 6.93. The van der Waals surface area contributed by atoms with Gasteiger partial charge in [-0.05, 0) is 32.3 Å². The van der Waals surface area contributed by atoms with Gasteiger partial charge in [-0.25, -0.2) is 0 Å². The molecule has 1 saturated carbocycles. The van der Waals surface area contributed by atoms with Gasteiger partial charge in [-0.15, -0.1) is 0 Å². The van der Waals surface area contributed by atoms with Gasteiger partial charge < -0.3 is 10.5 Å². The average molecular weight is 289 g/mol. The van der Waals surface area contributed by atoms with E-state index in [2.05, 4.69) is 37.5 Å². The zero-order valence-electron chi connectivity index (χ0n) is 13.6. The SMILES string of the molecule is C=C(O/C(=C\C)C(C)(C)C)C1CCC(c2cc(N)n[nH]2)C1. The van der Waals surface area contributed by atoms with Crippen LogP contribution in [0, 0.1) is 11.3 Å². The second-order valence-corrected chi connectivity index (χ2v) is 6.93. The molecule has 0 amide bonds. The van der Waals surface area contributed by atoms with Gasteiger partial charge in [0.2, 0.25) is 0 Å². The number of allylic oxidation sites excluding steroid dienone is 3. The first-order valence-electron chi connectivity index (χ1n) is 7.65. The van der Waals surface area contributed by atoms with Gasteiger partial charge in [0.05, 0.1) is 5.76 Å². The molecule has 4 heteroatoms. The third-order valence-electron chi connectivity index (χ3n) is 4.19. The summed E-state index contributed by atoms with van der Waals surface area (Å²) >= 11 is 0. The van der Waals surface area contributed by atoms with Gasteiger partial charge in [0.15, 0.2) is 0 Å². The number of hydrogen-bond donors (Lipinski definition) is 2. The fourth-order valence-electron chi connectivity index (χ4n) is 2.99. The molecule has 0 aromatic carbocycles. The van der Waals surface area contributed by atoms with Crippen molar-refractivity contribution in [2.75, 3.05) is 5.73 Å². The van der Waals surface area contributed by atoms with Gasteiger partial charge in [-0.2, -0.15) is 5.10 Å². The molecular weight excluding hydrogens is 262 g/mol. The minimum absolute atomic E-state index is 0.00746. The van der Waals surface area contributed by atoms with Crippen LogP contribution in [0.25, 0.3) is 0 Å². The predicted octanol–water partition coefficient (Wildman–Crippen LogP) is 4.36. The molecule has 1 aromatic heterocycles. The maximum Gasteiger partial charge on any atom is 0.145 e. The summed E-state index contributed by atoms with van der Waals surface area (Å²) in [7, 11) is 0. The second kappa shape index (κ2) is 5.96. The zero-order chi connectivity index (χ0) is 15.6. The van der Waals surface area contributed by atoms with Crippen molar-refractivity contribution in [3.63, 3.8) is 0 Å². The van der Waals surface area contributed by atoms with Gasteiger partial charge in [0.25, 0.3) is 0 Å².